The van der Waals surface area contributed by atoms with Crippen LogP contribution in [0.15, 0.2) is 22.8 Å². The minimum atomic E-state index is -0.0967. The quantitative estimate of drug-likeness (QED) is 0.818. The van der Waals surface area contributed by atoms with Crippen LogP contribution < -0.4 is 5.32 Å². The molecule has 0 spiro atoms. The molecule has 0 fully saturated rings. The molecule has 4 heteroatoms. The fourth-order valence-electron chi connectivity index (χ4n) is 0.969. The van der Waals surface area contributed by atoms with Gasteiger partial charge in [0.15, 0.2) is 0 Å². The highest BCUT2D eigenvalue weighted by molar-refractivity contribution is 9.10. The van der Waals surface area contributed by atoms with Gasteiger partial charge < -0.3 is 10.4 Å². The summed E-state index contributed by atoms with van der Waals surface area (Å²) < 4.78 is 0.915. The molecule has 0 radical (unpaired) electrons. The maximum absolute atomic E-state index is 8.98. The Morgan fingerprint density at radius 2 is 2.50 bits per heavy atom. The third-order valence-electron chi connectivity index (χ3n) is 1.65. The van der Waals surface area contributed by atoms with E-state index in [-0.39, 0.29) is 12.6 Å². The van der Waals surface area contributed by atoms with Crippen molar-refractivity contribution in [1.29, 1.82) is 0 Å². The van der Waals surface area contributed by atoms with Crippen molar-refractivity contribution in [3.05, 3.63) is 28.5 Å². The van der Waals surface area contributed by atoms with Gasteiger partial charge in [-0.3, -0.25) is 4.98 Å². The van der Waals surface area contributed by atoms with E-state index in [1.807, 2.05) is 12.1 Å². The summed E-state index contributed by atoms with van der Waals surface area (Å²) in [5.41, 5.74) is 0.836. The van der Waals surface area contributed by atoms with Crippen molar-refractivity contribution in [2.75, 3.05) is 13.7 Å². The van der Waals surface area contributed by atoms with Crippen LogP contribution in [-0.2, 0) is 0 Å². The number of pyridine rings is 1. The molecule has 0 aliphatic heterocycles. The van der Waals surface area contributed by atoms with Crippen molar-refractivity contribution in [2.24, 2.45) is 0 Å². The minimum Gasteiger partial charge on any atom is -0.394 e. The largest absolute Gasteiger partial charge is 0.394 e. The number of rotatable bonds is 3. The fourth-order valence-corrected chi connectivity index (χ4v) is 1.50. The highest BCUT2D eigenvalue weighted by Crippen LogP contribution is 2.19. The van der Waals surface area contributed by atoms with Crippen molar-refractivity contribution >= 4 is 15.9 Å². The third kappa shape index (κ3) is 2.03. The van der Waals surface area contributed by atoms with Crippen molar-refractivity contribution in [1.82, 2.24) is 10.3 Å². The van der Waals surface area contributed by atoms with E-state index in [1.165, 1.54) is 0 Å². The molecule has 2 N–H and O–H groups in total. The molecule has 1 aromatic rings. The SMILES string of the molecule is CN[C@H](CO)c1ncccc1Br. The normalized spacial score (nSPS) is 12.9. The van der Waals surface area contributed by atoms with Gasteiger partial charge in [-0.25, -0.2) is 0 Å². The molecule has 1 atom stereocenters. The van der Waals surface area contributed by atoms with E-state index < -0.39 is 0 Å². The van der Waals surface area contributed by atoms with Crippen molar-refractivity contribution in [3.8, 4) is 0 Å². The first kappa shape index (κ1) is 9.64. The van der Waals surface area contributed by atoms with E-state index >= 15 is 0 Å². The molecule has 1 rings (SSSR count). The van der Waals surface area contributed by atoms with Gasteiger partial charge in [0.25, 0.3) is 0 Å². The van der Waals surface area contributed by atoms with Crippen LogP contribution in [0, 0.1) is 0 Å². The van der Waals surface area contributed by atoms with Crippen LogP contribution in [0.3, 0.4) is 0 Å². The summed E-state index contributed by atoms with van der Waals surface area (Å²) in [6, 6.07) is 3.65. The van der Waals surface area contributed by atoms with Crippen molar-refractivity contribution < 1.29 is 5.11 Å². The number of aliphatic hydroxyl groups excluding tert-OH is 1. The Hall–Kier alpha value is -0.450. The Morgan fingerprint density at radius 1 is 1.75 bits per heavy atom. The average molecular weight is 231 g/mol. The molecular weight excluding hydrogens is 220 g/mol. The molecule has 0 amide bonds. The summed E-state index contributed by atoms with van der Waals surface area (Å²) in [5, 5.41) is 11.9. The molecule has 3 nitrogen and oxygen atoms in total. The van der Waals surface area contributed by atoms with E-state index in [0.717, 1.165) is 10.2 Å². The number of halogens is 1. The monoisotopic (exact) mass is 230 g/mol. The lowest BCUT2D eigenvalue weighted by atomic mass is 10.2. The van der Waals surface area contributed by atoms with Gasteiger partial charge in [0.2, 0.25) is 0 Å². The Morgan fingerprint density at radius 3 is 3.00 bits per heavy atom. The summed E-state index contributed by atoms with van der Waals surface area (Å²) in [7, 11) is 1.79. The molecule has 66 valence electrons. The fraction of sp³-hybridized carbons (Fsp3) is 0.375. The van der Waals surface area contributed by atoms with E-state index in [4.69, 9.17) is 5.11 Å². The van der Waals surface area contributed by atoms with Crippen LogP contribution in [-0.4, -0.2) is 23.7 Å². The first-order valence-electron chi connectivity index (χ1n) is 3.68. The molecule has 0 aliphatic carbocycles. The standard InChI is InChI=1S/C8H11BrN2O/c1-10-7(5-12)8-6(9)3-2-4-11-8/h2-4,7,10,12H,5H2,1H3/t7-/m1/s1. The molecule has 0 aromatic carbocycles. The van der Waals surface area contributed by atoms with E-state index in [1.54, 1.807) is 13.2 Å². The lowest BCUT2D eigenvalue weighted by Crippen LogP contribution is -2.21. The second kappa shape index (κ2) is 4.54. The molecule has 0 aliphatic rings. The Labute approximate surface area is 80.0 Å². The summed E-state index contributed by atoms with van der Waals surface area (Å²) in [5.74, 6) is 0. The Balaban J connectivity index is 2.92. The molecule has 1 aromatic heterocycles. The van der Waals surface area contributed by atoms with E-state index in [9.17, 15) is 0 Å². The van der Waals surface area contributed by atoms with Gasteiger partial charge in [0.1, 0.15) is 0 Å². The van der Waals surface area contributed by atoms with Crippen LogP contribution in [0.25, 0.3) is 0 Å². The highest BCUT2D eigenvalue weighted by Gasteiger charge is 2.11. The summed E-state index contributed by atoms with van der Waals surface area (Å²) in [6.45, 7) is 0.0477. The smallest absolute Gasteiger partial charge is 0.0739 e. The topological polar surface area (TPSA) is 45.1 Å². The zero-order valence-electron chi connectivity index (χ0n) is 6.79. The Bertz CT molecular complexity index is 251. The number of likely N-dealkylation sites (N-methyl/N-ethyl adjacent to an activating group) is 1. The van der Waals surface area contributed by atoms with Gasteiger partial charge in [0.05, 0.1) is 18.3 Å². The second-order valence-corrected chi connectivity index (χ2v) is 3.25. The van der Waals surface area contributed by atoms with Crippen LogP contribution in [0.5, 0.6) is 0 Å². The zero-order chi connectivity index (χ0) is 8.97. The molecule has 0 bridgehead atoms. The van der Waals surface area contributed by atoms with Gasteiger partial charge in [0, 0.05) is 10.7 Å². The van der Waals surface area contributed by atoms with Crippen LogP contribution in [0.1, 0.15) is 11.7 Å². The first-order valence-corrected chi connectivity index (χ1v) is 4.47. The van der Waals surface area contributed by atoms with Crippen molar-refractivity contribution in [2.45, 2.75) is 6.04 Å². The number of nitrogens with one attached hydrogen (secondary N) is 1. The Kier molecular flexibility index (Phi) is 3.65. The van der Waals surface area contributed by atoms with Crippen LogP contribution >= 0.6 is 15.9 Å². The summed E-state index contributed by atoms with van der Waals surface area (Å²) in [6.07, 6.45) is 1.71. The molecule has 0 unspecified atom stereocenters. The van der Waals surface area contributed by atoms with Gasteiger partial charge in [-0.1, -0.05) is 0 Å². The molecule has 0 saturated heterocycles. The lowest BCUT2D eigenvalue weighted by molar-refractivity contribution is 0.248. The summed E-state index contributed by atoms with van der Waals surface area (Å²) in [4.78, 5) is 4.15. The maximum Gasteiger partial charge on any atom is 0.0739 e. The van der Waals surface area contributed by atoms with E-state index in [0.29, 0.717) is 0 Å². The van der Waals surface area contributed by atoms with Crippen LogP contribution in [0.2, 0.25) is 0 Å². The first-order chi connectivity index (χ1) is 5.79. The zero-order valence-corrected chi connectivity index (χ0v) is 8.37. The number of aromatic nitrogens is 1. The number of hydrogen-bond acceptors (Lipinski definition) is 3. The van der Waals surface area contributed by atoms with Gasteiger partial charge in [-0.15, -0.1) is 0 Å². The predicted octanol–water partition coefficient (Wildman–Crippen LogP) is 1.10. The second-order valence-electron chi connectivity index (χ2n) is 2.39. The van der Waals surface area contributed by atoms with Crippen molar-refractivity contribution in [3.63, 3.8) is 0 Å². The van der Waals surface area contributed by atoms with Gasteiger partial charge >= 0.3 is 0 Å². The third-order valence-corrected chi connectivity index (χ3v) is 2.32. The molecule has 1 heterocycles. The summed E-state index contributed by atoms with van der Waals surface area (Å²) >= 11 is 3.36. The lowest BCUT2D eigenvalue weighted by Gasteiger charge is -2.13. The minimum absolute atomic E-state index is 0.0477. The molecule has 0 saturated carbocycles. The highest BCUT2D eigenvalue weighted by atomic mass is 79.9. The maximum atomic E-state index is 8.98. The average Bonchev–Trinajstić information content (AvgIpc) is 2.10. The predicted molar refractivity (Wildman–Crippen MR) is 50.8 cm³/mol. The number of aliphatic hydroxyl groups is 1. The van der Waals surface area contributed by atoms with Crippen LogP contribution in [0.4, 0.5) is 0 Å². The van der Waals surface area contributed by atoms with E-state index in [2.05, 4.69) is 26.2 Å². The number of nitrogens with zero attached hydrogens (tertiary/aromatic N) is 1. The molecule has 12 heavy (non-hydrogen) atoms. The van der Waals surface area contributed by atoms with Gasteiger partial charge in [-0.2, -0.15) is 0 Å². The number of hydrogen-bond donors (Lipinski definition) is 2. The van der Waals surface area contributed by atoms with Gasteiger partial charge in [-0.05, 0) is 35.1 Å². The molecular formula is C8H11BrN2O.